The molecule has 0 unspecified atom stereocenters. The number of nitrogens with zero attached hydrogens (tertiary/aromatic N) is 1. The van der Waals surface area contributed by atoms with Crippen LogP contribution in [0.1, 0.15) is 10.4 Å². The third-order valence-electron chi connectivity index (χ3n) is 9.30. The summed E-state index contributed by atoms with van der Waals surface area (Å²) in [5.74, 6) is -83.4. The van der Waals surface area contributed by atoms with Crippen molar-refractivity contribution in [1.29, 1.82) is 0 Å². The van der Waals surface area contributed by atoms with E-state index >= 15 is 35.1 Å². The Hall–Kier alpha value is -6.77. The van der Waals surface area contributed by atoms with Crippen molar-refractivity contribution in [3.8, 4) is 0 Å². The molecule has 0 atom stereocenters. The molecule has 0 N–H and O–H groups in total. The molecule has 0 radical (unpaired) electrons. The maximum absolute atomic E-state index is 15.4. The number of hydrogen-bond acceptors (Lipinski definition) is 1. The Kier molecular flexibility index (Phi) is 13.4. The highest BCUT2D eigenvalue weighted by Gasteiger charge is 2.52. The van der Waals surface area contributed by atoms with Crippen molar-refractivity contribution in [3.05, 3.63) is 182 Å². The van der Waals surface area contributed by atoms with E-state index in [-0.39, 0.29) is 0 Å². The molecular weight excluding hydrogens is 960 g/mol. The Morgan fingerprint density at radius 1 is 0.292 bits per heavy atom. The first kappa shape index (κ1) is 49.3. The van der Waals surface area contributed by atoms with Gasteiger partial charge in [-0.2, -0.15) is 4.57 Å². The summed E-state index contributed by atoms with van der Waals surface area (Å²) in [6.07, 6.45) is -4.38. The summed E-state index contributed by atoms with van der Waals surface area (Å²) in [5, 5.41) is 0. The molecule has 0 bridgehead atoms. The first-order chi connectivity index (χ1) is 30.1. The van der Waals surface area contributed by atoms with E-state index in [0.717, 1.165) is 0 Å². The smallest absolute Gasteiger partial charge is 0.233 e. The van der Waals surface area contributed by atoms with E-state index in [4.69, 9.17) is 0 Å². The largest absolute Gasteiger partial charge is 0.287 e. The van der Waals surface area contributed by atoms with Gasteiger partial charge >= 0.3 is 0 Å². The van der Waals surface area contributed by atoms with Crippen LogP contribution in [0.3, 0.4) is 0 Å². The van der Waals surface area contributed by atoms with E-state index in [1.807, 2.05) is 0 Å². The van der Waals surface area contributed by atoms with E-state index in [0.29, 0.717) is 0 Å². The Morgan fingerprint density at radius 2 is 0.477 bits per heavy atom. The molecule has 0 aliphatic carbocycles. The van der Waals surface area contributed by atoms with Crippen LogP contribution in [0.15, 0.2) is 30.6 Å². The summed E-state index contributed by atoms with van der Waals surface area (Å²) >= 11 is 0. The number of benzene rings is 5. The van der Waals surface area contributed by atoms with Crippen LogP contribution in [0.4, 0.5) is 110 Å². The second kappa shape index (κ2) is 17.7. The van der Waals surface area contributed by atoms with Gasteiger partial charge in [0.1, 0.15) is 58.2 Å². The summed E-state index contributed by atoms with van der Waals surface area (Å²) in [5.41, 5.74) is -15.8. The maximum atomic E-state index is 15.4. The molecule has 0 aliphatic rings. The molecule has 0 aliphatic heterocycles. The average molecular weight is 967 g/mol. The van der Waals surface area contributed by atoms with Gasteiger partial charge in [0.15, 0.2) is 105 Å². The topological polar surface area (TPSA) is 20.9 Å². The summed E-state index contributed by atoms with van der Waals surface area (Å²) in [7, 11) is 0. The molecule has 6 aromatic rings. The molecule has 1 aromatic heterocycles. The Morgan fingerprint density at radius 3 is 0.692 bits per heavy atom. The molecule has 0 saturated carbocycles. The molecule has 0 spiro atoms. The van der Waals surface area contributed by atoms with Crippen molar-refractivity contribution in [3.63, 3.8) is 0 Å². The van der Waals surface area contributed by atoms with E-state index in [9.17, 15) is 79.4 Å². The minimum atomic E-state index is -7.22. The van der Waals surface area contributed by atoms with Crippen LogP contribution >= 0.6 is 0 Å². The van der Waals surface area contributed by atoms with E-state index in [1.54, 1.807) is 18.2 Å². The number of Topliss-reactive ketones (excluding diaryl/α,β-unsaturated/α-hetero) is 1. The van der Waals surface area contributed by atoms with Crippen LogP contribution in [0.2, 0.25) is 0 Å². The lowest BCUT2D eigenvalue weighted by atomic mass is 9.12. The molecule has 2 nitrogen and oxygen atoms in total. The fraction of sp³-hybridized carbons (Fsp3) is 0.0270. The van der Waals surface area contributed by atoms with Crippen LogP contribution in [0.5, 0.6) is 0 Å². The van der Waals surface area contributed by atoms with Crippen LogP contribution in [-0.2, 0) is 6.54 Å². The fourth-order valence-electron chi connectivity index (χ4n) is 6.51. The summed E-state index contributed by atoms with van der Waals surface area (Å²) in [6, 6.07) is 4.73. The highest BCUT2D eigenvalue weighted by Crippen LogP contribution is 2.31. The van der Waals surface area contributed by atoms with Crippen molar-refractivity contribution in [2.24, 2.45) is 0 Å². The third kappa shape index (κ3) is 7.44. The molecule has 0 saturated heterocycles. The number of hydrogen-bond donors (Lipinski definition) is 0. The van der Waals surface area contributed by atoms with Crippen LogP contribution in [-0.4, -0.2) is 11.9 Å². The molecule has 28 heteroatoms. The maximum Gasteiger partial charge on any atom is 0.233 e. The van der Waals surface area contributed by atoms with Gasteiger partial charge in [0, 0.05) is 12.1 Å². The Balaban J connectivity index is 0.000000330. The Bertz CT molecular complexity index is 2570. The van der Waals surface area contributed by atoms with Crippen LogP contribution < -0.4 is 26.4 Å². The van der Waals surface area contributed by atoms with Crippen molar-refractivity contribution < 1.29 is 119 Å². The van der Waals surface area contributed by atoms with Crippen molar-refractivity contribution >= 4 is 33.8 Å². The molecule has 0 fully saturated rings. The first-order valence-corrected chi connectivity index (χ1v) is 16.4. The monoisotopic (exact) mass is 967 g/mol. The number of carbonyl (C=O) groups is 1. The van der Waals surface area contributed by atoms with Crippen LogP contribution in [0.25, 0.3) is 0 Å². The zero-order valence-electron chi connectivity index (χ0n) is 30.0. The summed E-state index contributed by atoms with van der Waals surface area (Å²) < 4.78 is 361. The lowest BCUT2D eigenvalue weighted by Crippen LogP contribution is -2.81. The lowest BCUT2D eigenvalue weighted by Gasteiger charge is -2.44. The summed E-state index contributed by atoms with van der Waals surface area (Å²) in [6.45, 7) is -0.542. The van der Waals surface area contributed by atoms with Gasteiger partial charge in [-0.15, -0.1) is 21.9 Å². The number of pyridine rings is 1. The van der Waals surface area contributed by atoms with Crippen molar-refractivity contribution in [1.82, 2.24) is 0 Å². The number of rotatable bonds is 7. The van der Waals surface area contributed by atoms with Gasteiger partial charge in [0.2, 0.25) is 18.1 Å². The van der Waals surface area contributed by atoms with Crippen molar-refractivity contribution in [2.45, 2.75) is 6.54 Å². The van der Waals surface area contributed by atoms with Gasteiger partial charge in [-0.05, 0) is 0 Å². The van der Waals surface area contributed by atoms with Gasteiger partial charge in [-0.1, -0.05) is 6.07 Å². The zero-order valence-corrected chi connectivity index (χ0v) is 30.0. The van der Waals surface area contributed by atoms with Gasteiger partial charge in [0.05, 0.1) is 0 Å². The molecule has 5 aromatic carbocycles. The average Bonchev–Trinajstić information content (AvgIpc) is 3.28. The standard InChI is InChI=1S/C24BF20.C13H7F5NO/c26-5-1(6(27)14(35)21(42)13(5)34)25(2-7(28)15(36)22(43)16(37)8(2)29,3-9(30)17(38)23(44)18(39)10(3)31)4-11(32)19(40)24(45)20(41)12(4)33;14-9-8(10(15)12(17)13(18)11(9)16)7(20)6-19-4-2-1-3-5-19/h;1-5H,6H2/q-1;+1. The molecule has 6 rings (SSSR count). The summed E-state index contributed by atoms with van der Waals surface area (Å²) in [4.78, 5) is 11.7. The van der Waals surface area contributed by atoms with E-state index in [2.05, 4.69) is 0 Å². The number of halogens is 25. The van der Waals surface area contributed by atoms with E-state index < -0.39 is 191 Å². The number of aromatic nitrogens is 1. The van der Waals surface area contributed by atoms with E-state index in [1.165, 1.54) is 17.0 Å². The van der Waals surface area contributed by atoms with Crippen LogP contribution in [0, 0.1) is 145 Å². The minimum Gasteiger partial charge on any atom is -0.287 e. The molecule has 0 amide bonds. The zero-order chi connectivity index (χ0) is 49.2. The SMILES string of the molecule is Fc1c(F)c(F)c([B-](c2c(F)c(F)c(F)c(F)c2F)(c2c(F)c(F)c(F)c(F)c2F)c2c(F)c(F)c(F)c(F)c2F)c(F)c1F.O=C(C[n+]1ccccc1)c1c(F)c(F)c(F)c(F)c1F. The number of carbonyl (C=O) groups excluding carboxylic acids is 1. The second-order valence-corrected chi connectivity index (χ2v) is 12.7. The third-order valence-corrected chi connectivity index (χ3v) is 9.30. The van der Waals surface area contributed by atoms with Gasteiger partial charge in [-0.3, -0.25) is 4.79 Å². The second-order valence-electron chi connectivity index (χ2n) is 12.7. The minimum absolute atomic E-state index is 0.542. The predicted octanol–water partition coefficient (Wildman–Crippen LogP) is 8.40. The Labute approximate surface area is 341 Å². The highest BCUT2D eigenvalue weighted by molar-refractivity contribution is 7.20. The predicted molar refractivity (Wildman–Crippen MR) is 166 cm³/mol. The molecule has 65 heavy (non-hydrogen) atoms. The molecular formula is C37H7BF25NO. The lowest BCUT2D eigenvalue weighted by molar-refractivity contribution is -0.683. The van der Waals surface area contributed by atoms with Gasteiger partial charge < -0.3 is 0 Å². The molecule has 1 heterocycles. The quantitative estimate of drug-likeness (QED) is 0.0394. The van der Waals surface area contributed by atoms with Crippen molar-refractivity contribution in [2.75, 3.05) is 0 Å². The first-order valence-electron chi connectivity index (χ1n) is 16.4. The molecule has 344 valence electrons. The number of ketones is 1. The van der Waals surface area contributed by atoms with Gasteiger partial charge in [0.25, 0.3) is 0 Å². The highest BCUT2D eigenvalue weighted by atomic mass is 19.2. The fourth-order valence-corrected chi connectivity index (χ4v) is 6.51. The van der Waals surface area contributed by atoms with Gasteiger partial charge in [-0.25, -0.2) is 110 Å². The normalized spacial score (nSPS) is 11.6.